The van der Waals surface area contributed by atoms with Crippen LogP contribution in [-0.4, -0.2) is 48.2 Å². The van der Waals surface area contributed by atoms with E-state index in [4.69, 9.17) is 4.74 Å². The van der Waals surface area contributed by atoms with Gasteiger partial charge in [-0.1, -0.05) is 42.5 Å². The molecule has 2 aliphatic heterocycles. The van der Waals surface area contributed by atoms with E-state index in [9.17, 15) is 14.7 Å². The lowest BCUT2D eigenvalue weighted by molar-refractivity contribution is -0.159. The number of benzene rings is 2. The van der Waals surface area contributed by atoms with Crippen molar-refractivity contribution < 1.29 is 19.4 Å². The molecule has 2 atom stereocenters. The third kappa shape index (κ3) is 2.92. The number of carboxylic acids is 1. The van der Waals surface area contributed by atoms with Gasteiger partial charge in [0, 0.05) is 25.3 Å². The van der Waals surface area contributed by atoms with Gasteiger partial charge in [-0.3, -0.25) is 9.59 Å². The predicted molar refractivity (Wildman–Crippen MR) is 102 cm³/mol. The summed E-state index contributed by atoms with van der Waals surface area (Å²) in [7, 11) is 0. The number of aliphatic carboxylic acids is 1. The Bertz CT molecular complexity index is 893. The van der Waals surface area contributed by atoms with E-state index in [-0.39, 0.29) is 25.0 Å². The molecule has 0 aliphatic carbocycles. The number of carboxylic acid groups (broad SMARTS) is 1. The molecule has 0 aromatic heterocycles. The first-order valence-corrected chi connectivity index (χ1v) is 9.28. The standard InChI is InChI=1S/C22H23NO4/c1-15-6-2-3-7-17(15)18-8-4-5-9-19(18)20(24)23-12-16-10-11-27-14-22(16,13-23)21(25)26/h2-9,16H,10-14H2,1H3,(H,25,26)/t16-,22+/m0/s1. The van der Waals surface area contributed by atoms with Gasteiger partial charge in [-0.05, 0) is 42.0 Å². The van der Waals surface area contributed by atoms with Gasteiger partial charge in [0.1, 0.15) is 5.41 Å². The number of carbonyl (C=O) groups excluding carboxylic acids is 1. The van der Waals surface area contributed by atoms with Crippen molar-refractivity contribution in [2.24, 2.45) is 11.3 Å². The highest BCUT2D eigenvalue weighted by molar-refractivity contribution is 6.01. The van der Waals surface area contributed by atoms with Crippen LogP contribution in [0.4, 0.5) is 0 Å². The van der Waals surface area contributed by atoms with E-state index in [1.165, 1.54) is 0 Å². The summed E-state index contributed by atoms with van der Waals surface area (Å²) in [6.45, 7) is 3.43. The fourth-order valence-corrected chi connectivity index (χ4v) is 4.39. The maximum Gasteiger partial charge on any atom is 0.314 e. The Morgan fingerprint density at radius 1 is 1.11 bits per heavy atom. The van der Waals surface area contributed by atoms with Crippen molar-refractivity contribution in [2.45, 2.75) is 13.3 Å². The van der Waals surface area contributed by atoms with Crippen molar-refractivity contribution in [3.63, 3.8) is 0 Å². The summed E-state index contributed by atoms with van der Waals surface area (Å²) in [5.74, 6) is -1.03. The number of rotatable bonds is 3. The molecule has 2 heterocycles. The maximum absolute atomic E-state index is 13.4. The SMILES string of the molecule is Cc1ccccc1-c1ccccc1C(=O)N1C[C@@H]2CCOC[C@]2(C(=O)O)C1. The Morgan fingerprint density at radius 3 is 2.52 bits per heavy atom. The van der Waals surface area contributed by atoms with Crippen molar-refractivity contribution in [1.29, 1.82) is 0 Å². The number of ether oxygens (including phenoxy) is 1. The second-order valence-electron chi connectivity index (χ2n) is 7.55. The van der Waals surface area contributed by atoms with E-state index in [2.05, 4.69) is 0 Å². The molecule has 2 saturated heterocycles. The smallest absolute Gasteiger partial charge is 0.314 e. The van der Waals surface area contributed by atoms with Crippen molar-refractivity contribution in [1.82, 2.24) is 4.90 Å². The molecule has 5 nitrogen and oxygen atoms in total. The average molecular weight is 365 g/mol. The van der Waals surface area contributed by atoms with Crippen LogP contribution < -0.4 is 0 Å². The Morgan fingerprint density at radius 2 is 1.81 bits per heavy atom. The highest BCUT2D eigenvalue weighted by Gasteiger charge is 2.55. The highest BCUT2D eigenvalue weighted by Crippen LogP contribution is 2.42. The molecular formula is C22H23NO4. The molecule has 2 aromatic carbocycles. The molecule has 5 heteroatoms. The number of likely N-dealkylation sites (tertiary alicyclic amines) is 1. The van der Waals surface area contributed by atoms with Crippen molar-refractivity contribution in [3.05, 3.63) is 59.7 Å². The van der Waals surface area contributed by atoms with E-state index < -0.39 is 11.4 Å². The number of amides is 1. The average Bonchev–Trinajstić information content (AvgIpc) is 3.09. The zero-order chi connectivity index (χ0) is 19.0. The number of carbonyl (C=O) groups is 2. The molecule has 1 N–H and O–H groups in total. The molecule has 0 unspecified atom stereocenters. The van der Waals surface area contributed by atoms with Gasteiger partial charge in [-0.25, -0.2) is 0 Å². The fourth-order valence-electron chi connectivity index (χ4n) is 4.39. The van der Waals surface area contributed by atoms with Gasteiger partial charge in [0.2, 0.25) is 0 Å². The molecule has 0 bridgehead atoms. The summed E-state index contributed by atoms with van der Waals surface area (Å²) in [6.07, 6.45) is 0.676. The van der Waals surface area contributed by atoms with E-state index in [1.54, 1.807) is 4.90 Å². The Labute approximate surface area is 158 Å². The van der Waals surface area contributed by atoms with Crippen molar-refractivity contribution >= 4 is 11.9 Å². The molecular weight excluding hydrogens is 342 g/mol. The van der Waals surface area contributed by atoms with Gasteiger partial charge < -0.3 is 14.7 Å². The maximum atomic E-state index is 13.4. The zero-order valence-electron chi connectivity index (χ0n) is 15.4. The van der Waals surface area contributed by atoms with Gasteiger partial charge >= 0.3 is 5.97 Å². The quantitative estimate of drug-likeness (QED) is 0.907. The van der Waals surface area contributed by atoms with E-state index >= 15 is 0 Å². The lowest BCUT2D eigenvalue weighted by atomic mass is 9.76. The molecule has 2 aliphatic rings. The minimum atomic E-state index is -0.981. The van der Waals surface area contributed by atoms with Gasteiger partial charge in [0.25, 0.3) is 5.91 Å². The molecule has 0 saturated carbocycles. The first kappa shape index (κ1) is 17.7. The van der Waals surface area contributed by atoms with Crippen LogP contribution in [0.15, 0.2) is 48.5 Å². The molecule has 0 radical (unpaired) electrons. The molecule has 27 heavy (non-hydrogen) atoms. The van der Waals surface area contributed by atoms with Crippen LogP contribution in [0.3, 0.4) is 0 Å². The zero-order valence-corrected chi connectivity index (χ0v) is 15.4. The second-order valence-corrected chi connectivity index (χ2v) is 7.55. The third-order valence-electron chi connectivity index (χ3n) is 5.97. The minimum Gasteiger partial charge on any atom is -0.481 e. The first-order valence-electron chi connectivity index (χ1n) is 9.28. The molecule has 1 amide bonds. The predicted octanol–water partition coefficient (Wildman–Crippen LogP) is 3.23. The number of hydrogen-bond donors (Lipinski definition) is 1. The Hall–Kier alpha value is -2.66. The second kappa shape index (κ2) is 6.82. The lowest BCUT2D eigenvalue weighted by Gasteiger charge is -2.33. The number of aryl methyl sites for hydroxylation is 1. The summed E-state index contributed by atoms with van der Waals surface area (Å²) in [5, 5.41) is 9.82. The summed E-state index contributed by atoms with van der Waals surface area (Å²) >= 11 is 0. The van der Waals surface area contributed by atoms with Crippen LogP contribution >= 0.6 is 0 Å². The van der Waals surface area contributed by atoms with Gasteiger partial charge in [0.05, 0.1) is 6.61 Å². The van der Waals surface area contributed by atoms with Crippen LogP contribution in [-0.2, 0) is 9.53 Å². The highest BCUT2D eigenvalue weighted by atomic mass is 16.5. The molecule has 140 valence electrons. The molecule has 2 aromatic rings. The summed E-state index contributed by atoms with van der Waals surface area (Å²) in [4.78, 5) is 27.0. The van der Waals surface area contributed by atoms with Crippen molar-refractivity contribution in [2.75, 3.05) is 26.3 Å². The number of nitrogens with zero attached hydrogens (tertiary/aromatic N) is 1. The van der Waals surface area contributed by atoms with E-state index in [0.717, 1.165) is 16.7 Å². The molecule has 2 fully saturated rings. The minimum absolute atomic E-state index is 0.0571. The Balaban J connectivity index is 1.69. The first-order chi connectivity index (χ1) is 13.0. The van der Waals surface area contributed by atoms with Crippen LogP contribution in [0.25, 0.3) is 11.1 Å². The molecule has 0 spiro atoms. The summed E-state index contributed by atoms with van der Waals surface area (Å²) in [5.41, 5.74) is 2.64. The normalized spacial score (nSPS) is 24.5. The number of fused-ring (bicyclic) bond motifs is 1. The lowest BCUT2D eigenvalue weighted by Crippen LogP contribution is -2.46. The monoisotopic (exact) mass is 365 g/mol. The van der Waals surface area contributed by atoms with E-state index in [1.807, 2.05) is 55.5 Å². The number of hydrogen-bond acceptors (Lipinski definition) is 3. The largest absolute Gasteiger partial charge is 0.481 e. The van der Waals surface area contributed by atoms with Crippen LogP contribution in [0.1, 0.15) is 22.3 Å². The Kier molecular flexibility index (Phi) is 4.48. The van der Waals surface area contributed by atoms with Crippen LogP contribution in [0, 0.1) is 18.3 Å². The summed E-state index contributed by atoms with van der Waals surface area (Å²) in [6, 6.07) is 15.5. The fraction of sp³-hybridized carbons (Fsp3) is 0.364. The summed E-state index contributed by atoms with van der Waals surface area (Å²) < 4.78 is 5.47. The van der Waals surface area contributed by atoms with Crippen molar-refractivity contribution in [3.8, 4) is 11.1 Å². The third-order valence-corrected chi connectivity index (χ3v) is 5.97. The topological polar surface area (TPSA) is 66.8 Å². The van der Waals surface area contributed by atoms with Crippen LogP contribution in [0.5, 0.6) is 0 Å². The van der Waals surface area contributed by atoms with Crippen LogP contribution in [0.2, 0.25) is 0 Å². The molecule has 4 rings (SSSR count). The van der Waals surface area contributed by atoms with Gasteiger partial charge in [0.15, 0.2) is 0 Å². The van der Waals surface area contributed by atoms with Gasteiger partial charge in [-0.15, -0.1) is 0 Å². The van der Waals surface area contributed by atoms with E-state index in [0.29, 0.717) is 25.1 Å². The van der Waals surface area contributed by atoms with Gasteiger partial charge in [-0.2, -0.15) is 0 Å².